The largest absolute Gasteiger partial charge is 0.480 e. The number of alkyl halides is 1. The Labute approximate surface area is 65.0 Å². The SMILES string of the molecule is [B]C(F)c1ccc(OC)nn1. The predicted octanol–water partition coefficient (Wildman–Crippen LogP) is 0.622. The van der Waals surface area contributed by atoms with E-state index >= 15 is 0 Å². The first kappa shape index (κ1) is 7.98. The van der Waals surface area contributed by atoms with Crippen LogP contribution in [0.25, 0.3) is 0 Å². The summed E-state index contributed by atoms with van der Waals surface area (Å²) >= 11 is 0. The van der Waals surface area contributed by atoms with Crippen LogP contribution in [-0.4, -0.2) is 25.2 Å². The molecule has 1 atom stereocenters. The van der Waals surface area contributed by atoms with Gasteiger partial charge in [-0.05, 0) is 6.07 Å². The molecule has 1 heterocycles. The van der Waals surface area contributed by atoms with Gasteiger partial charge in [0.1, 0.15) is 13.9 Å². The van der Waals surface area contributed by atoms with Crippen molar-refractivity contribution in [2.75, 3.05) is 7.11 Å². The molecule has 0 spiro atoms. The van der Waals surface area contributed by atoms with Crippen molar-refractivity contribution >= 4 is 7.85 Å². The summed E-state index contributed by atoms with van der Waals surface area (Å²) in [5, 5.41) is 7.00. The van der Waals surface area contributed by atoms with E-state index in [-0.39, 0.29) is 5.69 Å². The van der Waals surface area contributed by atoms with Crippen molar-refractivity contribution in [3.05, 3.63) is 17.8 Å². The van der Waals surface area contributed by atoms with Gasteiger partial charge in [0, 0.05) is 6.07 Å². The Bertz CT molecular complexity index is 227. The van der Waals surface area contributed by atoms with Gasteiger partial charge in [0.15, 0.2) is 0 Å². The maximum Gasteiger partial charge on any atom is 0.233 e. The molecule has 0 amide bonds. The van der Waals surface area contributed by atoms with Crippen molar-refractivity contribution in [2.45, 2.75) is 6.07 Å². The summed E-state index contributed by atoms with van der Waals surface area (Å²) in [5.74, 6) is 0.342. The van der Waals surface area contributed by atoms with Gasteiger partial charge < -0.3 is 4.74 Å². The summed E-state index contributed by atoms with van der Waals surface area (Å²) in [6.07, 6.45) is -1.58. The second-order valence-electron chi connectivity index (χ2n) is 1.90. The van der Waals surface area contributed by atoms with E-state index in [1.165, 1.54) is 19.2 Å². The first-order valence-electron chi connectivity index (χ1n) is 3.01. The molecule has 1 unspecified atom stereocenters. The monoisotopic (exact) mass is 152 g/mol. The Balaban J connectivity index is 2.83. The molecule has 2 radical (unpaired) electrons. The molecule has 56 valence electrons. The fourth-order valence-electron chi connectivity index (χ4n) is 0.586. The van der Waals surface area contributed by atoms with Crippen LogP contribution in [0, 0.1) is 0 Å². The Morgan fingerprint density at radius 2 is 2.27 bits per heavy atom. The Kier molecular flexibility index (Phi) is 2.41. The third-order valence-electron chi connectivity index (χ3n) is 1.15. The topological polar surface area (TPSA) is 35.0 Å². The van der Waals surface area contributed by atoms with E-state index in [9.17, 15) is 4.39 Å². The van der Waals surface area contributed by atoms with E-state index in [4.69, 9.17) is 12.6 Å². The highest BCUT2D eigenvalue weighted by Crippen LogP contribution is 2.11. The average molecular weight is 152 g/mol. The summed E-state index contributed by atoms with van der Waals surface area (Å²) in [6, 6.07) is 2.93. The first-order chi connectivity index (χ1) is 5.24. The number of methoxy groups -OCH3 is 1. The van der Waals surface area contributed by atoms with Crippen LogP contribution in [0.5, 0.6) is 5.88 Å². The number of halogens is 1. The van der Waals surface area contributed by atoms with Crippen molar-refractivity contribution in [3.8, 4) is 5.88 Å². The van der Waals surface area contributed by atoms with Crippen LogP contribution >= 0.6 is 0 Å². The molecule has 0 aromatic carbocycles. The zero-order valence-electron chi connectivity index (χ0n) is 5.99. The third kappa shape index (κ3) is 1.90. The van der Waals surface area contributed by atoms with Crippen molar-refractivity contribution in [1.29, 1.82) is 0 Å². The minimum Gasteiger partial charge on any atom is -0.480 e. The zero-order chi connectivity index (χ0) is 8.27. The minimum absolute atomic E-state index is 0.103. The van der Waals surface area contributed by atoms with Gasteiger partial charge in [0.2, 0.25) is 5.88 Å². The van der Waals surface area contributed by atoms with Gasteiger partial charge in [-0.2, -0.15) is 0 Å². The fourth-order valence-corrected chi connectivity index (χ4v) is 0.586. The van der Waals surface area contributed by atoms with E-state index in [1.807, 2.05) is 0 Å². The van der Waals surface area contributed by atoms with Crippen LogP contribution in [0.1, 0.15) is 11.8 Å². The molecule has 0 saturated heterocycles. The molecule has 1 rings (SSSR count). The lowest BCUT2D eigenvalue weighted by atomic mass is 9.99. The minimum atomic E-state index is -1.58. The van der Waals surface area contributed by atoms with Crippen molar-refractivity contribution in [1.82, 2.24) is 10.2 Å². The molecule has 0 aliphatic rings. The lowest BCUT2D eigenvalue weighted by Crippen LogP contribution is -1.98. The number of ether oxygens (including phenoxy) is 1. The normalized spacial score (nSPS) is 12.5. The summed E-state index contributed by atoms with van der Waals surface area (Å²) in [5.41, 5.74) is 0.103. The van der Waals surface area contributed by atoms with Gasteiger partial charge in [-0.3, -0.25) is 4.39 Å². The van der Waals surface area contributed by atoms with Crippen molar-refractivity contribution in [3.63, 3.8) is 0 Å². The molecule has 0 fully saturated rings. The van der Waals surface area contributed by atoms with Crippen LogP contribution in [0.4, 0.5) is 4.39 Å². The summed E-state index contributed by atoms with van der Waals surface area (Å²) < 4.78 is 17.0. The van der Waals surface area contributed by atoms with E-state index in [0.717, 1.165) is 0 Å². The maximum absolute atomic E-state index is 12.3. The summed E-state index contributed by atoms with van der Waals surface area (Å²) in [6.45, 7) is 0. The summed E-state index contributed by atoms with van der Waals surface area (Å²) in [4.78, 5) is 0. The van der Waals surface area contributed by atoms with Crippen molar-refractivity contribution in [2.24, 2.45) is 0 Å². The lowest BCUT2D eigenvalue weighted by molar-refractivity contribution is 0.386. The number of hydrogen-bond acceptors (Lipinski definition) is 3. The average Bonchev–Trinajstić information content (AvgIpc) is 2.05. The van der Waals surface area contributed by atoms with Crippen LogP contribution in [0.15, 0.2) is 12.1 Å². The highest BCUT2D eigenvalue weighted by Gasteiger charge is 2.03. The Morgan fingerprint density at radius 1 is 1.55 bits per heavy atom. The summed E-state index contributed by atoms with van der Waals surface area (Å²) in [7, 11) is 6.35. The quantitative estimate of drug-likeness (QED) is 0.582. The molecule has 5 heteroatoms. The molecular weight excluding hydrogens is 146 g/mol. The van der Waals surface area contributed by atoms with Gasteiger partial charge in [-0.25, -0.2) is 0 Å². The predicted molar refractivity (Wildman–Crippen MR) is 38.2 cm³/mol. The third-order valence-corrected chi connectivity index (χ3v) is 1.15. The second-order valence-corrected chi connectivity index (χ2v) is 1.90. The molecule has 0 N–H and O–H groups in total. The van der Waals surface area contributed by atoms with E-state index in [1.54, 1.807) is 0 Å². The van der Waals surface area contributed by atoms with Crippen LogP contribution in [0.3, 0.4) is 0 Å². The lowest BCUT2D eigenvalue weighted by Gasteiger charge is -2.00. The maximum atomic E-state index is 12.3. The van der Waals surface area contributed by atoms with E-state index in [2.05, 4.69) is 10.2 Å². The number of hydrogen-bond donors (Lipinski definition) is 0. The standard InChI is InChI=1S/C6H6BFN2O/c1-11-5-3-2-4(6(7)8)9-10-5/h2-3,6H,1H3. The van der Waals surface area contributed by atoms with Gasteiger partial charge in [0.25, 0.3) is 0 Å². The fraction of sp³-hybridized carbons (Fsp3) is 0.333. The molecule has 1 aromatic heterocycles. The molecule has 11 heavy (non-hydrogen) atoms. The smallest absolute Gasteiger partial charge is 0.233 e. The molecule has 1 aromatic rings. The van der Waals surface area contributed by atoms with Crippen LogP contribution in [0.2, 0.25) is 0 Å². The van der Waals surface area contributed by atoms with E-state index in [0.29, 0.717) is 5.88 Å². The number of nitrogens with zero attached hydrogens (tertiary/aromatic N) is 2. The second kappa shape index (κ2) is 3.32. The van der Waals surface area contributed by atoms with Crippen molar-refractivity contribution < 1.29 is 9.13 Å². The number of rotatable bonds is 2. The Morgan fingerprint density at radius 3 is 2.64 bits per heavy atom. The number of aromatic nitrogens is 2. The molecular formula is C6H6BFN2O. The van der Waals surface area contributed by atoms with Gasteiger partial charge >= 0.3 is 0 Å². The van der Waals surface area contributed by atoms with Crippen LogP contribution in [-0.2, 0) is 0 Å². The first-order valence-corrected chi connectivity index (χ1v) is 3.01. The molecule has 0 aliphatic heterocycles. The molecule has 0 aliphatic carbocycles. The van der Waals surface area contributed by atoms with E-state index < -0.39 is 6.07 Å². The van der Waals surface area contributed by atoms with Crippen LogP contribution < -0.4 is 4.74 Å². The molecule has 3 nitrogen and oxygen atoms in total. The molecule has 0 saturated carbocycles. The van der Waals surface area contributed by atoms with Gasteiger partial charge in [-0.1, -0.05) is 0 Å². The Hall–Kier alpha value is -1.13. The highest BCUT2D eigenvalue weighted by atomic mass is 19.1. The zero-order valence-corrected chi connectivity index (χ0v) is 5.99. The highest BCUT2D eigenvalue weighted by molar-refractivity contribution is 6.11. The van der Waals surface area contributed by atoms with Gasteiger partial charge in [0.05, 0.1) is 12.8 Å². The van der Waals surface area contributed by atoms with Gasteiger partial charge in [-0.15, -0.1) is 10.2 Å². The molecule has 0 bridgehead atoms.